The van der Waals surface area contributed by atoms with Gasteiger partial charge >= 0.3 is 0 Å². The summed E-state index contributed by atoms with van der Waals surface area (Å²) >= 11 is 17.7. The lowest BCUT2D eigenvalue weighted by Gasteiger charge is -2.20. The van der Waals surface area contributed by atoms with Crippen LogP contribution in [0.15, 0.2) is 6.07 Å². The molecule has 0 aliphatic carbocycles. The van der Waals surface area contributed by atoms with Crippen LogP contribution in [0.5, 0.6) is 5.75 Å². The van der Waals surface area contributed by atoms with Crippen molar-refractivity contribution in [3.05, 3.63) is 21.1 Å². The quantitative estimate of drug-likeness (QED) is 0.648. The first-order valence-electron chi connectivity index (χ1n) is 5.79. The van der Waals surface area contributed by atoms with Crippen molar-refractivity contribution in [3.8, 4) is 5.75 Å². The maximum atomic E-state index is 12.1. The van der Waals surface area contributed by atoms with Gasteiger partial charge in [0, 0.05) is 0 Å². The van der Waals surface area contributed by atoms with Gasteiger partial charge in [0.05, 0.1) is 21.1 Å². The Morgan fingerprint density at radius 3 is 2.68 bits per heavy atom. The highest BCUT2D eigenvalue weighted by Gasteiger charge is 2.29. The Morgan fingerprint density at radius 2 is 2.11 bits per heavy atom. The molecule has 0 spiro atoms. The molecule has 1 atom stereocenters. The number of hydrogen-bond acceptors (Lipinski definition) is 3. The largest absolute Gasteiger partial charge is 0.504 e. The lowest BCUT2D eigenvalue weighted by molar-refractivity contribution is -0.119. The molecule has 4 nitrogen and oxygen atoms in total. The first-order chi connectivity index (χ1) is 8.91. The number of carbonyl (C=O) groups is 1. The van der Waals surface area contributed by atoms with E-state index in [0.29, 0.717) is 0 Å². The summed E-state index contributed by atoms with van der Waals surface area (Å²) in [5, 5.41) is 12.8. The van der Waals surface area contributed by atoms with Crippen molar-refractivity contribution < 1.29 is 9.90 Å². The van der Waals surface area contributed by atoms with E-state index < -0.39 is 0 Å². The Labute approximate surface area is 126 Å². The van der Waals surface area contributed by atoms with Gasteiger partial charge in [0.15, 0.2) is 5.75 Å². The van der Waals surface area contributed by atoms with E-state index in [-0.39, 0.29) is 38.5 Å². The van der Waals surface area contributed by atoms with Crippen molar-refractivity contribution in [2.75, 3.05) is 18.9 Å². The van der Waals surface area contributed by atoms with E-state index in [1.54, 1.807) is 0 Å². The molecule has 0 bridgehead atoms. The molecular weight excluding hydrogens is 311 g/mol. The van der Waals surface area contributed by atoms with Crippen LogP contribution in [0, 0.1) is 0 Å². The molecule has 1 aliphatic rings. The molecule has 104 valence electrons. The van der Waals surface area contributed by atoms with Crippen LogP contribution in [-0.4, -0.2) is 35.5 Å². The molecule has 0 radical (unpaired) electrons. The Morgan fingerprint density at radius 1 is 1.42 bits per heavy atom. The zero-order valence-corrected chi connectivity index (χ0v) is 12.5. The van der Waals surface area contributed by atoms with E-state index >= 15 is 0 Å². The number of anilines is 1. The summed E-state index contributed by atoms with van der Waals surface area (Å²) in [6.45, 7) is 0.869. The predicted octanol–water partition coefficient (Wildman–Crippen LogP) is 3.39. The molecule has 7 heteroatoms. The van der Waals surface area contributed by atoms with Crippen molar-refractivity contribution in [1.82, 2.24) is 4.90 Å². The topological polar surface area (TPSA) is 52.6 Å². The van der Waals surface area contributed by atoms with Gasteiger partial charge in [-0.1, -0.05) is 34.8 Å². The minimum absolute atomic E-state index is 0.0458. The van der Waals surface area contributed by atoms with Crippen LogP contribution in [-0.2, 0) is 4.79 Å². The molecule has 1 aromatic rings. The number of nitrogens with one attached hydrogen (secondary N) is 1. The van der Waals surface area contributed by atoms with E-state index in [9.17, 15) is 9.90 Å². The number of benzene rings is 1. The third-order valence-electron chi connectivity index (χ3n) is 3.22. The number of likely N-dealkylation sites (N-methyl/N-ethyl adjacent to an activating group) is 1. The molecule has 2 rings (SSSR count). The molecule has 1 unspecified atom stereocenters. The normalized spacial score (nSPS) is 19.7. The number of likely N-dealkylation sites (tertiary alicyclic amines) is 1. The second-order valence-electron chi connectivity index (χ2n) is 4.51. The van der Waals surface area contributed by atoms with Gasteiger partial charge in [-0.15, -0.1) is 0 Å². The molecule has 2 N–H and O–H groups in total. The number of hydrogen-bond donors (Lipinski definition) is 2. The van der Waals surface area contributed by atoms with Crippen molar-refractivity contribution in [1.29, 1.82) is 0 Å². The highest BCUT2D eigenvalue weighted by molar-refractivity contribution is 6.46. The van der Waals surface area contributed by atoms with E-state index in [0.717, 1.165) is 19.4 Å². The van der Waals surface area contributed by atoms with Crippen LogP contribution in [0.1, 0.15) is 12.8 Å². The van der Waals surface area contributed by atoms with Gasteiger partial charge in [0.25, 0.3) is 0 Å². The number of halogens is 3. The Balaban J connectivity index is 2.26. The summed E-state index contributed by atoms with van der Waals surface area (Å²) in [6.07, 6.45) is 1.74. The van der Waals surface area contributed by atoms with Crippen molar-refractivity contribution in [2.24, 2.45) is 0 Å². The van der Waals surface area contributed by atoms with Gasteiger partial charge in [-0.05, 0) is 32.5 Å². The van der Waals surface area contributed by atoms with Gasteiger partial charge in [-0.2, -0.15) is 0 Å². The molecule has 1 heterocycles. The van der Waals surface area contributed by atoms with Crippen molar-refractivity contribution in [3.63, 3.8) is 0 Å². The number of carbonyl (C=O) groups excluding carboxylic acids is 1. The standard InChI is InChI=1S/C12H13Cl3N2O2/c1-17-4-2-3-8(17)12(19)16-10-9(15)6(13)5-7(14)11(10)18/h5,8,18H,2-4H2,1H3,(H,16,19). The Kier molecular flexibility index (Phi) is 4.46. The number of nitrogens with zero attached hydrogens (tertiary/aromatic N) is 1. The molecule has 1 amide bonds. The monoisotopic (exact) mass is 322 g/mol. The van der Waals surface area contributed by atoms with Gasteiger partial charge in [0.1, 0.15) is 5.69 Å². The van der Waals surface area contributed by atoms with Crippen LogP contribution in [0.4, 0.5) is 5.69 Å². The van der Waals surface area contributed by atoms with Crippen molar-refractivity contribution in [2.45, 2.75) is 18.9 Å². The fourth-order valence-corrected chi connectivity index (χ4v) is 2.80. The molecule has 1 fully saturated rings. The zero-order valence-electron chi connectivity index (χ0n) is 10.2. The number of phenolic OH excluding ortho intramolecular Hbond substituents is 1. The van der Waals surface area contributed by atoms with Crippen LogP contribution in [0.3, 0.4) is 0 Å². The summed E-state index contributed by atoms with van der Waals surface area (Å²) in [4.78, 5) is 14.1. The minimum Gasteiger partial charge on any atom is -0.504 e. The summed E-state index contributed by atoms with van der Waals surface area (Å²) in [6, 6.07) is 1.10. The number of rotatable bonds is 2. The Hall–Kier alpha value is -0.680. The van der Waals surface area contributed by atoms with Crippen LogP contribution >= 0.6 is 34.8 Å². The third-order valence-corrected chi connectivity index (χ3v) is 4.29. The molecule has 0 aromatic heterocycles. The van der Waals surface area contributed by atoms with E-state index in [1.807, 2.05) is 11.9 Å². The van der Waals surface area contributed by atoms with E-state index in [1.165, 1.54) is 6.07 Å². The smallest absolute Gasteiger partial charge is 0.241 e. The minimum atomic E-state index is -0.273. The highest BCUT2D eigenvalue weighted by atomic mass is 35.5. The second-order valence-corrected chi connectivity index (χ2v) is 5.70. The molecule has 1 aromatic carbocycles. The average molecular weight is 324 g/mol. The van der Waals surface area contributed by atoms with E-state index in [4.69, 9.17) is 34.8 Å². The molecular formula is C12H13Cl3N2O2. The maximum absolute atomic E-state index is 12.1. The average Bonchev–Trinajstić information content (AvgIpc) is 2.78. The molecule has 1 aliphatic heterocycles. The first-order valence-corrected chi connectivity index (χ1v) is 6.92. The van der Waals surface area contributed by atoms with Gasteiger partial charge in [0.2, 0.25) is 5.91 Å². The summed E-state index contributed by atoms with van der Waals surface area (Å²) in [5.41, 5.74) is 0.0597. The molecule has 0 saturated carbocycles. The van der Waals surface area contributed by atoms with Crippen LogP contribution < -0.4 is 5.32 Å². The maximum Gasteiger partial charge on any atom is 0.241 e. The Bertz CT molecular complexity index is 496. The number of amides is 1. The zero-order chi connectivity index (χ0) is 14.2. The fraction of sp³-hybridized carbons (Fsp3) is 0.417. The first kappa shape index (κ1) is 14.7. The van der Waals surface area contributed by atoms with Crippen molar-refractivity contribution >= 4 is 46.4 Å². The molecule has 19 heavy (non-hydrogen) atoms. The highest BCUT2D eigenvalue weighted by Crippen LogP contribution is 2.42. The van der Waals surface area contributed by atoms with Crippen LogP contribution in [0.2, 0.25) is 15.1 Å². The number of phenols is 1. The third kappa shape index (κ3) is 2.92. The van der Waals surface area contributed by atoms with Crippen LogP contribution in [0.25, 0.3) is 0 Å². The lowest BCUT2D eigenvalue weighted by Crippen LogP contribution is -2.37. The number of aromatic hydroxyl groups is 1. The summed E-state index contributed by atoms with van der Waals surface area (Å²) in [5.74, 6) is -0.499. The van der Waals surface area contributed by atoms with Gasteiger partial charge in [-0.25, -0.2) is 0 Å². The lowest BCUT2D eigenvalue weighted by atomic mass is 10.2. The summed E-state index contributed by atoms with van der Waals surface area (Å²) < 4.78 is 0. The van der Waals surface area contributed by atoms with E-state index in [2.05, 4.69) is 5.32 Å². The fourth-order valence-electron chi connectivity index (χ4n) is 2.15. The summed E-state index contributed by atoms with van der Waals surface area (Å²) in [7, 11) is 1.88. The molecule has 1 saturated heterocycles. The van der Waals surface area contributed by atoms with Gasteiger partial charge < -0.3 is 10.4 Å². The predicted molar refractivity (Wildman–Crippen MR) is 77.4 cm³/mol. The SMILES string of the molecule is CN1CCCC1C(=O)Nc1c(O)c(Cl)cc(Cl)c1Cl. The van der Waals surface area contributed by atoms with Gasteiger partial charge in [-0.3, -0.25) is 9.69 Å². The second kappa shape index (κ2) is 5.75.